The number of aromatic carboxylic acids is 1. The summed E-state index contributed by atoms with van der Waals surface area (Å²) in [4.78, 5) is 64.6. The van der Waals surface area contributed by atoms with Crippen molar-refractivity contribution in [3.8, 4) is 65.4 Å². The molecule has 0 aromatic heterocycles. The molecule has 0 heterocycles. The number of carboxylic acid groups (broad SMARTS) is 1. The number of ether oxygens (including phenoxy) is 6. The van der Waals surface area contributed by atoms with Gasteiger partial charge in [-0.15, -0.1) is 25.2 Å². The van der Waals surface area contributed by atoms with Gasteiger partial charge in [0.2, 0.25) is 0 Å². The van der Waals surface area contributed by atoms with Crippen molar-refractivity contribution < 1.29 is 72.0 Å². The van der Waals surface area contributed by atoms with E-state index in [0.29, 0.717) is 82.4 Å². The summed E-state index contributed by atoms with van der Waals surface area (Å²) in [6, 6.07) is 49.8. The van der Waals surface area contributed by atoms with Gasteiger partial charge in [-0.1, -0.05) is 31.7 Å². The van der Waals surface area contributed by atoms with E-state index in [1.54, 1.807) is 149 Å². The number of rotatable bonds is 15. The molecule has 0 spiro atoms. The Hall–Kier alpha value is -11.7. The molecule has 0 bridgehead atoms. The first-order valence-corrected chi connectivity index (χ1v) is 24.7. The zero-order chi connectivity index (χ0) is 62.4. The van der Waals surface area contributed by atoms with Crippen LogP contribution in [0, 0.1) is 51.2 Å². The van der Waals surface area contributed by atoms with E-state index >= 15 is 0 Å². The number of esters is 3. The summed E-state index contributed by atoms with van der Waals surface area (Å²) in [6.45, 7) is 7.88. The Labute approximate surface area is 491 Å². The number of non-ortho nitro benzene ring substituents is 2. The number of phenols is 1. The molecular weight excluding hydrogens is 1100 g/mol. The molecule has 85 heavy (non-hydrogen) atoms. The van der Waals surface area contributed by atoms with Crippen LogP contribution in [-0.2, 0) is 14.2 Å². The van der Waals surface area contributed by atoms with Crippen molar-refractivity contribution in [2.24, 2.45) is 0 Å². The second-order valence-corrected chi connectivity index (χ2v) is 15.8. The summed E-state index contributed by atoms with van der Waals surface area (Å²) >= 11 is 0. The van der Waals surface area contributed by atoms with Crippen LogP contribution in [0.2, 0.25) is 0 Å². The molecule has 8 aromatic carbocycles. The van der Waals surface area contributed by atoms with Gasteiger partial charge in [-0.2, -0.15) is 0 Å². The lowest BCUT2D eigenvalue weighted by molar-refractivity contribution is -0.385. The monoisotopic (exact) mass is 1160 g/mol. The summed E-state index contributed by atoms with van der Waals surface area (Å²) in [7, 11) is 0. The van der Waals surface area contributed by atoms with Crippen LogP contribution < -0.4 is 25.7 Å². The lowest BCUT2D eigenvalue weighted by Crippen LogP contribution is -2.04. The molecule has 8 aromatic rings. The van der Waals surface area contributed by atoms with E-state index in [1.807, 2.05) is 0 Å². The van der Waals surface area contributed by atoms with Crippen molar-refractivity contribution in [2.75, 3.05) is 31.3 Å². The Bertz CT molecular complexity index is 3420. The molecule has 442 valence electrons. The second kappa shape index (κ2) is 39.6. The zero-order valence-electron chi connectivity index (χ0n) is 45.9. The summed E-state index contributed by atoms with van der Waals surface area (Å²) in [5, 5.41) is 38.4. The predicted octanol–water partition coefficient (Wildman–Crippen LogP) is 14.4. The van der Waals surface area contributed by atoms with Crippen molar-refractivity contribution in [1.82, 2.24) is 0 Å². The average Bonchev–Trinajstić information content (AvgIpc) is 3.59. The number of carbonyl (C=O) groups excluding carboxylic acids is 3. The Balaban J connectivity index is 0.000000529. The van der Waals surface area contributed by atoms with Crippen LogP contribution in [0.1, 0.15) is 76.6 Å². The van der Waals surface area contributed by atoms with Gasteiger partial charge in [0, 0.05) is 35.6 Å². The highest BCUT2D eigenvalue weighted by atomic mass is 19.1. The quantitative estimate of drug-likeness (QED) is 0.0185. The number of nitrogens with two attached hydrogens (primary N) is 2. The van der Waals surface area contributed by atoms with E-state index < -0.39 is 33.6 Å². The first-order chi connectivity index (χ1) is 40.3. The Morgan fingerprint density at radius 1 is 0.494 bits per heavy atom. The van der Waals surface area contributed by atoms with Crippen LogP contribution in [0.4, 0.5) is 27.1 Å². The Kier molecular flexibility index (Phi) is 33.2. The SMILES string of the molecule is C.C#C.C#CC.CCOC(=O)c1cccc(O)c1.CCOC(=O)c1cccc(Oc2ccc(N)cc2)c1.CCOC(=O)c1cccc(Oc2ccc([N+](=O)[O-])cc2)c1.Nc1ccc(Oc2cccc(C(=O)O)c2)cc1.O=[N+]([O-])c1ccc(F)cc1. The number of carbonyl (C=O) groups is 4. The number of nitro benzene ring substituents is 2. The number of nitrogen functional groups attached to an aromatic ring is 2. The molecule has 0 saturated carbocycles. The number of anilines is 2. The van der Waals surface area contributed by atoms with E-state index in [9.17, 15) is 43.8 Å². The lowest BCUT2D eigenvalue weighted by Gasteiger charge is -2.07. The topological polar surface area (TPSA) is 302 Å². The first kappa shape index (κ1) is 71.3. The maximum Gasteiger partial charge on any atom is 0.338 e. The predicted molar refractivity (Wildman–Crippen MR) is 321 cm³/mol. The number of aromatic hydroxyl groups is 1. The average molecular weight is 1160 g/mol. The third kappa shape index (κ3) is 27.8. The van der Waals surface area contributed by atoms with Gasteiger partial charge in [-0.25, -0.2) is 23.6 Å². The molecule has 20 nitrogen and oxygen atoms in total. The molecular formula is C64H63FN4O16. The summed E-state index contributed by atoms with van der Waals surface area (Å²) in [5.74, 6) is 2.92. The molecule has 0 fully saturated rings. The molecule has 21 heteroatoms. The van der Waals surface area contributed by atoms with Gasteiger partial charge >= 0.3 is 23.9 Å². The summed E-state index contributed by atoms with van der Waals surface area (Å²) in [5.41, 5.74) is 13.8. The minimum Gasteiger partial charge on any atom is -0.508 e. The van der Waals surface area contributed by atoms with E-state index in [-0.39, 0.29) is 36.1 Å². The number of nitro groups is 2. The maximum absolute atomic E-state index is 12.1. The Morgan fingerprint density at radius 3 is 1.08 bits per heavy atom. The minimum absolute atomic E-state index is 0. The van der Waals surface area contributed by atoms with Crippen LogP contribution in [0.3, 0.4) is 0 Å². The van der Waals surface area contributed by atoms with Crippen molar-refractivity contribution in [3.63, 3.8) is 0 Å². The van der Waals surface area contributed by atoms with Gasteiger partial charge in [-0.3, -0.25) is 20.2 Å². The van der Waals surface area contributed by atoms with Crippen molar-refractivity contribution in [3.05, 3.63) is 242 Å². The first-order valence-electron chi connectivity index (χ1n) is 24.7. The van der Waals surface area contributed by atoms with Gasteiger partial charge < -0.3 is 50.1 Å². The number of hydrogen-bond donors (Lipinski definition) is 4. The van der Waals surface area contributed by atoms with Crippen LogP contribution in [0.15, 0.2) is 194 Å². The second-order valence-electron chi connectivity index (χ2n) is 15.8. The molecule has 0 atom stereocenters. The van der Waals surface area contributed by atoms with Crippen LogP contribution in [0.5, 0.6) is 40.2 Å². The molecule has 0 aliphatic rings. The lowest BCUT2D eigenvalue weighted by atomic mass is 10.2. The fourth-order valence-corrected chi connectivity index (χ4v) is 6.02. The summed E-state index contributed by atoms with van der Waals surface area (Å²) in [6.07, 6.45) is 12.6. The van der Waals surface area contributed by atoms with E-state index in [4.69, 9.17) is 50.1 Å². The maximum atomic E-state index is 12.1. The molecule has 0 unspecified atom stereocenters. The third-order valence-corrected chi connectivity index (χ3v) is 9.68. The fourth-order valence-electron chi connectivity index (χ4n) is 6.02. The summed E-state index contributed by atoms with van der Waals surface area (Å²) < 4.78 is 43.4. The number of nitrogens with zero attached hydrogens (tertiary/aromatic N) is 2. The highest BCUT2D eigenvalue weighted by Crippen LogP contribution is 2.27. The molecule has 0 radical (unpaired) electrons. The minimum atomic E-state index is -0.979. The Morgan fingerprint density at radius 2 is 0.776 bits per heavy atom. The van der Waals surface area contributed by atoms with Gasteiger partial charge in [-0.05, 0) is 173 Å². The highest BCUT2D eigenvalue weighted by Gasteiger charge is 2.11. The molecule has 8 rings (SSSR count). The number of halogens is 1. The van der Waals surface area contributed by atoms with Crippen LogP contribution in [-0.4, -0.2) is 63.8 Å². The van der Waals surface area contributed by atoms with E-state index in [2.05, 4.69) is 25.2 Å². The number of hydrogen-bond acceptors (Lipinski definition) is 17. The largest absolute Gasteiger partial charge is 0.508 e. The number of terminal acetylenes is 2. The molecule has 0 aliphatic heterocycles. The van der Waals surface area contributed by atoms with Crippen LogP contribution >= 0.6 is 0 Å². The number of benzene rings is 8. The normalized spacial score (nSPS) is 9.20. The van der Waals surface area contributed by atoms with Gasteiger partial charge in [0.25, 0.3) is 11.4 Å². The third-order valence-electron chi connectivity index (χ3n) is 9.68. The highest BCUT2D eigenvalue weighted by molar-refractivity contribution is 5.91. The zero-order valence-corrected chi connectivity index (χ0v) is 45.9. The molecule has 0 amide bonds. The number of carboxylic acids is 1. The number of phenolic OH excluding ortho intramolecular Hbond substituents is 1. The van der Waals surface area contributed by atoms with Gasteiger partial charge in [0.1, 0.15) is 46.1 Å². The van der Waals surface area contributed by atoms with Crippen molar-refractivity contribution in [2.45, 2.75) is 35.1 Å². The van der Waals surface area contributed by atoms with Crippen molar-refractivity contribution in [1.29, 1.82) is 0 Å². The van der Waals surface area contributed by atoms with Gasteiger partial charge in [0.05, 0.1) is 51.9 Å². The molecule has 0 saturated heterocycles. The standard InChI is InChI=1S/C15H13NO5.C15H15NO3.C13H11NO3.C9H10O3.C6H4FNO2.C3H4.C2H2.CH4/c1-2-20-15(17)11-4-3-5-14(10-11)21-13-8-6-12(7-9-13)16(18)19;1-2-18-15(17)11-4-3-5-14(10-11)19-13-8-6-12(16)7-9-13;14-10-4-6-11(7-5-10)17-12-3-1-2-9(8-12)13(15)16;1-2-12-9(11)7-4-3-5-8(10)6-7;7-5-1-3-6(4-2-5)8(9)10;1-3-2;1-2;/h3-10H,2H2,1H3;3-10H,2,16H2,1H3;1-8H,14H2,(H,15,16);3-6,10H,2H2,1H3;1-4H;1H,2H3;1-2H;1H4. The molecule has 0 aliphatic carbocycles. The van der Waals surface area contributed by atoms with Crippen LogP contribution in [0.25, 0.3) is 0 Å². The van der Waals surface area contributed by atoms with Gasteiger partial charge in [0.15, 0.2) is 0 Å². The van der Waals surface area contributed by atoms with Crippen molar-refractivity contribution >= 4 is 46.6 Å². The van der Waals surface area contributed by atoms with E-state index in [0.717, 1.165) is 24.3 Å². The molecule has 6 N–H and O–H groups in total. The fraction of sp³-hybridized carbons (Fsp3) is 0.125. The smallest absolute Gasteiger partial charge is 0.338 e. The van der Waals surface area contributed by atoms with E-state index in [1.165, 1.54) is 48.5 Å².